The average Bonchev–Trinajstić information content (AvgIpc) is 2.80. The molecular formula is C15H25N3O2. The van der Waals surface area contributed by atoms with Crippen molar-refractivity contribution in [2.75, 3.05) is 33.7 Å². The van der Waals surface area contributed by atoms with Crippen molar-refractivity contribution < 1.29 is 9.21 Å². The predicted octanol–water partition coefficient (Wildman–Crippen LogP) is 2.47. The lowest BCUT2D eigenvalue weighted by molar-refractivity contribution is 0.191. The van der Waals surface area contributed by atoms with Gasteiger partial charge in [0.05, 0.1) is 12.3 Å². The minimum Gasteiger partial charge on any atom is -0.468 e. The van der Waals surface area contributed by atoms with E-state index in [-0.39, 0.29) is 12.1 Å². The lowest BCUT2D eigenvalue weighted by Gasteiger charge is -2.25. The molecular weight excluding hydrogens is 254 g/mol. The van der Waals surface area contributed by atoms with Crippen molar-refractivity contribution in [3.8, 4) is 0 Å². The molecule has 112 valence electrons. The first-order valence-electron chi connectivity index (χ1n) is 7.41. The van der Waals surface area contributed by atoms with Crippen LogP contribution in [0.4, 0.5) is 4.79 Å². The van der Waals surface area contributed by atoms with E-state index < -0.39 is 0 Å². The standard InChI is InChI=1S/C15H25N3O2/c1-17(2)13(14-8-7-11-20-14)12-16-15(19)18-9-5-3-4-6-10-18/h7-8,11,13H,3-6,9-10,12H2,1-2H3,(H,16,19). The highest BCUT2D eigenvalue weighted by Gasteiger charge is 2.20. The van der Waals surface area contributed by atoms with Gasteiger partial charge >= 0.3 is 6.03 Å². The number of hydrogen-bond acceptors (Lipinski definition) is 3. The SMILES string of the molecule is CN(C)C(CNC(=O)N1CCCCCC1)c1ccco1. The van der Waals surface area contributed by atoms with Gasteiger partial charge in [-0.2, -0.15) is 0 Å². The second kappa shape index (κ2) is 7.33. The molecule has 1 unspecified atom stereocenters. The normalized spacial score (nSPS) is 17.9. The summed E-state index contributed by atoms with van der Waals surface area (Å²) in [4.78, 5) is 16.2. The molecule has 0 saturated carbocycles. The van der Waals surface area contributed by atoms with Crippen molar-refractivity contribution in [2.45, 2.75) is 31.7 Å². The van der Waals surface area contributed by atoms with Gasteiger partial charge in [-0.15, -0.1) is 0 Å². The van der Waals surface area contributed by atoms with Crippen molar-refractivity contribution >= 4 is 6.03 Å². The number of hydrogen-bond donors (Lipinski definition) is 1. The molecule has 1 fully saturated rings. The molecule has 0 aromatic carbocycles. The quantitative estimate of drug-likeness (QED) is 0.921. The van der Waals surface area contributed by atoms with Crippen LogP contribution in [0.25, 0.3) is 0 Å². The van der Waals surface area contributed by atoms with Crippen molar-refractivity contribution in [1.82, 2.24) is 15.1 Å². The average molecular weight is 279 g/mol. The van der Waals surface area contributed by atoms with Gasteiger partial charge in [0.25, 0.3) is 0 Å². The molecule has 1 aliphatic rings. The van der Waals surface area contributed by atoms with Crippen LogP contribution in [0.3, 0.4) is 0 Å². The zero-order valence-corrected chi connectivity index (χ0v) is 12.5. The van der Waals surface area contributed by atoms with E-state index in [0.29, 0.717) is 6.54 Å². The highest BCUT2D eigenvalue weighted by Crippen LogP contribution is 2.17. The van der Waals surface area contributed by atoms with Crippen molar-refractivity contribution in [2.24, 2.45) is 0 Å². The Morgan fingerprint density at radius 2 is 2.05 bits per heavy atom. The van der Waals surface area contributed by atoms with Gasteiger partial charge in [0.1, 0.15) is 5.76 Å². The molecule has 20 heavy (non-hydrogen) atoms. The molecule has 1 aromatic rings. The number of carbonyl (C=O) groups excluding carboxylic acids is 1. The van der Waals surface area contributed by atoms with Crippen LogP contribution < -0.4 is 5.32 Å². The van der Waals surface area contributed by atoms with Crippen LogP contribution in [-0.2, 0) is 0 Å². The Balaban J connectivity index is 1.87. The lowest BCUT2D eigenvalue weighted by atomic mass is 10.2. The van der Waals surface area contributed by atoms with Gasteiger partial charge in [0.15, 0.2) is 0 Å². The third-order valence-corrected chi connectivity index (χ3v) is 3.83. The topological polar surface area (TPSA) is 48.7 Å². The van der Waals surface area contributed by atoms with E-state index in [2.05, 4.69) is 10.2 Å². The first-order chi connectivity index (χ1) is 9.68. The van der Waals surface area contributed by atoms with Crippen LogP contribution >= 0.6 is 0 Å². The third-order valence-electron chi connectivity index (χ3n) is 3.83. The smallest absolute Gasteiger partial charge is 0.317 e. The zero-order chi connectivity index (χ0) is 14.4. The fourth-order valence-corrected chi connectivity index (χ4v) is 2.59. The number of rotatable bonds is 4. The van der Waals surface area contributed by atoms with E-state index in [4.69, 9.17) is 4.42 Å². The Kier molecular flexibility index (Phi) is 5.47. The van der Waals surface area contributed by atoms with Gasteiger partial charge in [0, 0.05) is 19.6 Å². The second-order valence-corrected chi connectivity index (χ2v) is 5.58. The summed E-state index contributed by atoms with van der Waals surface area (Å²) >= 11 is 0. The number of amides is 2. The maximum atomic E-state index is 12.2. The summed E-state index contributed by atoms with van der Waals surface area (Å²) in [5.41, 5.74) is 0. The van der Waals surface area contributed by atoms with E-state index >= 15 is 0 Å². The van der Waals surface area contributed by atoms with Crippen LogP contribution in [0.5, 0.6) is 0 Å². The molecule has 2 rings (SSSR count). The Morgan fingerprint density at radius 3 is 2.60 bits per heavy atom. The van der Waals surface area contributed by atoms with E-state index in [1.54, 1.807) is 6.26 Å². The van der Waals surface area contributed by atoms with E-state index in [0.717, 1.165) is 31.7 Å². The molecule has 1 atom stereocenters. The molecule has 0 spiro atoms. The Morgan fingerprint density at radius 1 is 1.35 bits per heavy atom. The molecule has 5 heteroatoms. The lowest BCUT2D eigenvalue weighted by Crippen LogP contribution is -2.43. The number of furan rings is 1. The van der Waals surface area contributed by atoms with Gasteiger partial charge < -0.3 is 14.6 Å². The summed E-state index contributed by atoms with van der Waals surface area (Å²) < 4.78 is 5.45. The van der Waals surface area contributed by atoms with Crippen LogP contribution in [0, 0.1) is 0 Å². The monoisotopic (exact) mass is 279 g/mol. The number of likely N-dealkylation sites (tertiary alicyclic amines) is 1. The summed E-state index contributed by atoms with van der Waals surface area (Å²) in [5, 5.41) is 3.04. The predicted molar refractivity (Wildman–Crippen MR) is 78.6 cm³/mol. The molecule has 1 N–H and O–H groups in total. The molecule has 5 nitrogen and oxygen atoms in total. The Hall–Kier alpha value is -1.49. The minimum atomic E-state index is 0.0466. The number of urea groups is 1. The van der Waals surface area contributed by atoms with Gasteiger partial charge in [-0.1, -0.05) is 12.8 Å². The Bertz CT molecular complexity index is 395. The molecule has 0 aliphatic carbocycles. The fourth-order valence-electron chi connectivity index (χ4n) is 2.59. The highest BCUT2D eigenvalue weighted by molar-refractivity contribution is 5.74. The third kappa shape index (κ3) is 4.00. The Labute approximate surface area is 120 Å². The van der Waals surface area contributed by atoms with Crippen molar-refractivity contribution in [3.05, 3.63) is 24.2 Å². The van der Waals surface area contributed by atoms with Gasteiger partial charge in [0.2, 0.25) is 0 Å². The molecule has 2 heterocycles. The summed E-state index contributed by atoms with van der Waals surface area (Å²) in [6.45, 7) is 2.31. The number of nitrogens with zero attached hydrogens (tertiary/aromatic N) is 2. The zero-order valence-electron chi connectivity index (χ0n) is 12.5. The maximum Gasteiger partial charge on any atom is 0.317 e. The molecule has 0 radical (unpaired) electrons. The maximum absolute atomic E-state index is 12.2. The van der Waals surface area contributed by atoms with E-state index in [1.165, 1.54) is 12.8 Å². The number of nitrogens with one attached hydrogen (secondary N) is 1. The fraction of sp³-hybridized carbons (Fsp3) is 0.667. The van der Waals surface area contributed by atoms with Crippen LogP contribution in [-0.4, -0.2) is 49.6 Å². The largest absolute Gasteiger partial charge is 0.468 e. The van der Waals surface area contributed by atoms with Gasteiger partial charge in [-0.05, 0) is 39.1 Å². The minimum absolute atomic E-state index is 0.0466. The van der Waals surface area contributed by atoms with Crippen LogP contribution in [0.2, 0.25) is 0 Å². The summed E-state index contributed by atoms with van der Waals surface area (Å²) in [5.74, 6) is 0.881. The molecule has 1 aromatic heterocycles. The molecule has 0 bridgehead atoms. The molecule has 2 amide bonds. The van der Waals surface area contributed by atoms with Crippen molar-refractivity contribution in [1.29, 1.82) is 0 Å². The van der Waals surface area contributed by atoms with Crippen molar-refractivity contribution in [3.63, 3.8) is 0 Å². The molecule has 1 aliphatic heterocycles. The number of likely N-dealkylation sites (N-methyl/N-ethyl adjacent to an activating group) is 1. The summed E-state index contributed by atoms with van der Waals surface area (Å²) in [7, 11) is 3.98. The second-order valence-electron chi connectivity index (χ2n) is 5.58. The van der Waals surface area contributed by atoms with Gasteiger partial charge in [-0.3, -0.25) is 4.90 Å². The highest BCUT2D eigenvalue weighted by atomic mass is 16.3. The molecule has 1 saturated heterocycles. The van der Waals surface area contributed by atoms with Crippen LogP contribution in [0.15, 0.2) is 22.8 Å². The number of carbonyl (C=O) groups is 1. The first kappa shape index (κ1) is 14.9. The van der Waals surface area contributed by atoms with Gasteiger partial charge in [-0.25, -0.2) is 4.79 Å². The van der Waals surface area contributed by atoms with E-state index in [9.17, 15) is 4.79 Å². The summed E-state index contributed by atoms with van der Waals surface area (Å²) in [6, 6.07) is 3.94. The first-order valence-corrected chi connectivity index (χ1v) is 7.41. The van der Waals surface area contributed by atoms with Crippen LogP contribution in [0.1, 0.15) is 37.5 Å². The summed E-state index contributed by atoms with van der Waals surface area (Å²) in [6.07, 6.45) is 6.36. The van der Waals surface area contributed by atoms with E-state index in [1.807, 2.05) is 31.1 Å².